The second kappa shape index (κ2) is 4.09. The zero-order valence-electron chi connectivity index (χ0n) is 7.77. The number of hydrogen-bond donors (Lipinski definition) is 0. The average molecular weight is 205 g/mol. The van der Waals surface area contributed by atoms with Crippen LogP contribution in [0, 0.1) is 5.92 Å². The van der Waals surface area contributed by atoms with E-state index in [0.717, 1.165) is 19.3 Å². The minimum absolute atomic E-state index is 0.242. The quantitative estimate of drug-likeness (QED) is 0.605. The third kappa shape index (κ3) is 3.76. The van der Waals surface area contributed by atoms with Crippen LogP contribution >= 0.6 is 0 Å². The van der Waals surface area contributed by atoms with Crippen molar-refractivity contribution in [3.05, 3.63) is 0 Å². The third-order valence-electron chi connectivity index (χ3n) is 2.34. The lowest BCUT2D eigenvalue weighted by Crippen LogP contribution is -2.34. The summed E-state index contributed by atoms with van der Waals surface area (Å²) in [7, 11) is -2.85. The Hall–Kier alpha value is -0.580. The van der Waals surface area contributed by atoms with E-state index >= 15 is 0 Å². The predicted octanol–water partition coefficient (Wildman–Crippen LogP) is -0.101. The number of nitrogens with zero attached hydrogens (tertiary/aromatic N) is 1. The van der Waals surface area contributed by atoms with Crippen molar-refractivity contribution in [1.82, 2.24) is 4.90 Å². The van der Waals surface area contributed by atoms with Crippen molar-refractivity contribution in [2.75, 3.05) is 25.1 Å². The van der Waals surface area contributed by atoms with Crippen molar-refractivity contribution in [2.45, 2.75) is 12.8 Å². The van der Waals surface area contributed by atoms with Gasteiger partial charge in [-0.25, -0.2) is 8.42 Å². The van der Waals surface area contributed by atoms with E-state index in [-0.39, 0.29) is 11.7 Å². The Morgan fingerprint density at radius 2 is 1.92 bits per heavy atom. The summed E-state index contributed by atoms with van der Waals surface area (Å²) in [6.07, 6.45) is 3.72. The maximum Gasteiger partial charge on any atom is 0.209 e. The Kier molecular flexibility index (Phi) is 3.30. The molecule has 0 N–H and O–H groups in total. The van der Waals surface area contributed by atoms with Gasteiger partial charge in [0.05, 0.1) is 5.75 Å². The van der Waals surface area contributed by atoms with Crippen molar-refractivity contribution in [1.29, 1.82) is 0 Å². The normalized spacial score (nSPS) is 20.2. The van der Waals surface area contributed by atoms with Gasteiger partial charge >= 0.3 is 0 Å². The van der Waals surface area contributed by atoms with Crippen LogP contribution in [-0.4, -0.2) is 44.8 Å². The molecular formula is C8H15NO3S. The van der Waals surface area contributed by atoms with E-state index in [0.29, 0.717) is 13.1 Å². The molecule has 0 unspecified atom stereocenters. The van der Waals surface area contributed by atoms with Gasteiger partial charge in [-0.15, -0.1) is 0 Å². The van der Waals surface area contributed by atoms with Crippen LogP contribution in [0.25, 0.3) is 0 Å². The summed E-state index contributed by atoms with van der Waals surface area (Å²) in [6.45, 7) is 1.40. The van der Waals surface area contributed by atoms with Gasteiger partial charge in [-0.2, -0.15) is 0 Å². The van der Waals surface area contributed by atoms with Gasteiger partial charge in [-0.05, 0) is 18.8 Å². The molecule has 0 atom stereocenters. The number of rotatable bonds is 3. The Balaban J connectivity index is 2.37. The van der Waals surface area contributed by atoms with E-state index in [1.54, 1.807) is 4.90 Å². The molecule has 0 aromatic carbocycles. The number of sulfone groups is 1. The van der Waals surface area contributed by atoms with Gasteiger partial charge in [0.1, 0.15) is 9.84 Å². The van der Waals surface area contributed by atoms with Gasteiger partial charge in [-0.3, -0.25) is 4.79 Å². The van der Waals surface area contributed by atoms with Crippen LogP contribution in [0.15, 0.2) is 0 Å². The highest BCUT2D eigenvalue weighted by Crippen LogP contribution is 2.17. The molecule has 0 aliphatic carbocycles. The maximum atomic E-state index is 11.0. The Morgan fingerprint density at radius 1 is 1.38 bits per heavy atom. The van der Waals surface area contributed by atoms with Crippen molar-refractivity contribution < 1.29 is 13.2 Å². The molecule has 1 aliphatic heterocycles. The van der Waals surface area contributed by atoms with Gasteiger partial charge in [0.2, 0.25) is 6.41 Å². The summed E-state index contributed by atoms with van der Waals surface area (Å²) in [5, 5.41) is 0. The molecule has 1 heterocycles. The SMILES string of the molecule is CS(=O)(=O)CC1CCN(C=O)CC1. The fraction of sp³-hybridized carbons (Fsp3) is 0.875. The topological polar surface area (TPSA) is 54.5 Å². The van der Waals surface area contributed by atoms with E-state index in [4.69, 9.17) is 0 Å². The molecule has 0 aromatic heterocycles. The molecule has 0 saturated carbocycles. The highest BCUT2D eigenvalue weighted by molar-refractivity contribution is 7.90. The molecular weight excluding hydrogens is 190 g/mol. The standard InChI is InChI=1S/C8H15NO3S/c1-13(11,12)6-8-2-4-9(7-10)5-3-8/h7-8H,2-6H2,1H3. The van der Waals surface area contributed by atoms with Gasteiger partial charge in [0.25, 0.3) is 0 Å². The molecule has 1 fully saturated rings. The second-order valence-corrected chi connectivity index (χ2v) is 5.86. The number of carbonyl (C=O) groups excluding carboxylic acids is 1. The molecule has 0 bridgehead atoms. The van der Waals surface area contributed by atoms with Crippen molar-refractivity contribution in [3.63, 3.8) is 0 Å². The lowest BCUT2D eigenvalue weighted by atomic mass is 10.00. The Labute approximate surface area is 78.8 Å². The molecule has 76 valence electrons. The number of likely N-dealkylation sites (tertiary alicyclic amines) is 1. The van der Waals surface area contributed by atoms with Gasteiger partial charge in [0.15, 0.2) is 0 Å². The van der Waals surface area contributed by atoms with Crippen LogP contribution in [0.1, 0.15) is 12.8 Å². The molecule has 1 rings (SSSR count). The largest absolute Gasteiger partial charge is 0.345 e. The smallest absolute Gasteiger partial charge is 0.209 e. The summed E-state index contributed by atoms with van der Waals surface area (Å²) < 4.78 is 21.9. The second-order valence-electron chi connectivity index (χ2n) is 3.68. The van der Waals surface area contributed by atoms with E-state index in [1.807, 2.05) is 0 Å². The molecule has 0 aromatic rings. The van der Waals surface area contributed by atoms with Gasteiger partial charge in [-0.1, -0.05) is 0 Å². The summed E-state index contributed by atoms with van der Waals surface area (Å²) in [5.41, 5.74) is 0. The molecule has 4 nitrogen and oxygen atoms in total. The zero-order valence-corrected chi connectivity index (χ0v) is 8.59. The van der Waals surface area contributed by atoms with E-state index in [1.165, 1.54) is 6.26 Å². The minimum Gasteiger partial charge on any atom is -0.345 e. The Bertz CT molecular complexity index is 265. The lowest BCUT2D eigenvalue weighted by Gasteiger charge is -2.28. The molecule has 1 amide bonds. The summed E-state index contributed by atoms with van der Waals surface area (Å²) in [4.78, 5) is 12.1. The fourth-order valence-corrected chi connectivity index (χ4v) is 2.84. The van der Waals surface area contributed by atoms with Crippen LogP contribution in [-0.2, 0) is 14.6 Å². The zero-order chi connectivity index (χ0) is 9.90. The number of hydrogen-bond acceptors (Lipinski definition) is 3. The van der Waals surface area contributed by atoms with Crippen LogP contribution in [0.5, 0.6) is 0 Å². The molecule has 0 radical (unpaired) electrons. The molecule has 1 aliphatic rings. The van der Waals surface area contributed by atoms with E-state index in [2.05, 4.69) is 0 Å². The first-order valence-electron chi connectivity index (χ1n) is 4.38. The summed E-state index contributed by atoms with van der Waals surface area (Å²) >= 11 is 0. The highest BCUT2D eigenvalue weighted by atomic mass is 32.2. The summed E-state index contributed by atoms with van der Waals surface area (Å²) in [6, 6.07) is 0. The van der Waals surface area contributed by atoms with Crippen LogP contribution in [0.2, 0.25) is 0 Å². The minimum atomic E-state index is -2.85. The van der Waals surface area contributed by atoms with Gasteiger partial charge in [0, 0.05) is 19.3 Å². The fourth-order valence-electron chi connectivity index (χ4n) is 1.65. The predicted molar refractivity (Wildman–Crippen MR) is 50.1 cm³/mol. The lowest BCUT2D eigenvalue weighted by molar-refractivity contribution is -0.119. The van der Waals surface area contributed by atoms with Crippen LogP contribution < -0.4 is 0 Å². The molecule has 13 heavy (non-hydrogen) atoms. The van der Waals surface area contributed by atoms with Crippen molar-refractivity contribution >= 4 is 16.2 Å². The van der Waals surface area contributed by atoms with Gasteiger partial charge < -0.3 is 4.90 Å². The average Bonchev–Trinajstić information content (AvgIpc) is 2.03. The highest BCUT2D eigenvalue weighted by Gasteiger charge is 2.21. The molecule has 0 spiro atoms. The summed E-state index contributed by atoms with van der Waals surface area (Å²) in [5.74, 6) is 0.505. The van der Waals surface area contributed by atoms with Crippen molar-refractivity contribution in [3.8, 4) is 0 Å². The first kappa shape index (κ1) is 10.5. The number of carbonyl (C=O) groups is 1. The van der Waals surface area contributed by atoms with E-state index < -0.39 is 9.84 Å². The van der Waals surface area contributed by atoms with E-state index in [9.17, 15) is 13.2 Å². The third-order valence-corrected chi connectivity index (χ3v) is 3.41. The van der Waals surface area contributed by atoms with Crippen LogP contribution in [0.4, 0.5) is 0 Å². The number of piperidine rings is 1. The number of amides is 1. The molecule has 5 heteroatoms. The first-order valence-corrected chi connectivity index (χ1v) is 6.44. The first-order chi connectivity index (χ1) is 6.01. The van der Waals surface area contributed by atoms with Crippen molar-refractivity contribution in [2.24, 2.45) is 5.92 Å². The molecule has 1 saturated heterocycles. The van der Waals surface area contributed by atoms with Crippen LogP contribution in [0.3, 0.4) is 0 Å². The maximum absolute atomic E-state index is 11.0. The monoisotopic (exact) mass is 205 g/mol. The Morgan fingerprint density at radius 3 is 2.31 bits per heavy atom.